The third-order valence-electron chi connectivity index (χ3n) is 2.36. The quantitative estimate of drug-likeness (QED) is 0.827. The first-order chi connectivity index (χ1) is 8.66. The molecule has 6 heteroatoms. The van der Waals surface area contributed by atoms with E-state index in [2.05, 4.69) is 20.3 Å². The van der Waals surface area contributed by atoms with Crippen molar-refractivity contribution >= 4 is 11.6 Å². The molecule has 0 spiro atoms. The van der Waals surface area contributed by atoms with Crippen molar-refractivity contribution in [3.05, 3.63) is 47.8 Å². The van der Waals surface area contributed by atoms with E-state index in [0.29, 0.717) is 23.6 Å². The number of anilines is 1. The van der Waals surface area contributed by atoms with E-state index in [4.69, 9.17) is 5.73 Å². The van der Waals surface area contributed by atoms with Crippen molar-refractivity contribution in [3.63, 3.8) is 0 Å². The summed E-state index contributed by atoms with van der Waals surface area (Å²) in [6.07, 6.45) is 4.64. The number of carbonyl (C=O) groups excluding carboxylic acids is 1. The van der Waals surface area contributed by atoms with Gasteiger partial charge in [0.1, 0.15) is 5.82 Å². The second kappa shape index (κ2) is 5.22. The number of rotatable bonds is 3. The van der Waals surface area contributed by atoms with E-state index in [9.17, 15) is 4.79 Å². The van der Waals surface area contributed by atoms with Crippen molar-refractivity contribution in [3.8, 4) is 0 Å². The van der Waals surface area contributed by atoms with Gasteiger partial charge in [0.25, 0.3) is 5.91 Å². The summed E-state index contributed by atoms with van der Waals surface area (Å²) in [5, 5.41) is 2.73. The fraction of sp³-hybridized carbons (Fsp3) is 0.167. The van der Waals surface area contributed by atoms with Crippen molar-refractivity contribution in [1.29, 1.82) is 0 Å². The predicted molar refractivity (Wildman–Crippen MR) is 66.6 cm³/mol. The monoisotopic (exact) mass is 243 g/mol. The number of nitrogens with two attached hydrogens (primary N) is 1. The van der Waals surface area contributed by atoms with Crippen molar-refractivity contribution in [1.82, 2.24) is 20.3 Å². The van der Waals surface area contributed by atoms with Crippen molar-refractivity contribution in [2.45, 2.75) is 13.5 Å². The maximum atomic E-state index is 11.8. The van der Waals surface area contributed by atoms with E-state index in [-0.39, 0.29) is 5.91 Å². The van der Waals surface area contributed by atoms with Gasteiger partial charge >= 0.3 is 0 Å². The lowest BCUT2D eigenvalue weighted by molar-refractivity contribution is 0.0951. The molecule has 6 nitrogen and oxygen atoms in total. The fourth-order valence-corrected chi connectivity index (χ4v) is 1.46. The zero-order valence-corrected chi connectivity index (χ0v) is 9.92. The number of nitrogen functional groups attached to an aromatic ring is 1. The maximum Gasteiger partial charge on any atom is 0.255 e. The molecule has 0 aliphatic rings. The van der Waals surface area contributed by atoms with Crippen molar-refractivity contribution < 1.29 is 4.79 Å². The molecule has 0 aliphatic carbocycles. The molecular weight excluding hydrogens is 230 g/mol. The summed E-state index contributed by atoms with van der Waals surface area (Å²) in [4.78, 5) is 23.9. The average molecular weight is 243 g/mol. The summed E-state index contributed by atoms with van der Waals surface area (Å²) in [7, 11) is 0. The Bertz CT molecular complexity index is 570. The molecule has 1 amide bonds. The summed E-state index contributed by atoms with van der Waals surface area (Å²) < 4.78 is 0. The van der Waals surface area contributed by atoms with Crippen LogP contribution in [0.2, 0.25) is 0 Å². The maximum absolute atomic E-state index is 11.8. The topological polar surface area (TPSA) is 93.8 Å². The summed E-state index contributed by atoms with van der Waals surface area (Å²) in [5.41, 5.74) is 7.20. The van der Waals surface area contributed by atoms with Gasteiger partial charge < -0.3 is 11.1 Å². The molecule has 0 radical (unpaired) electrons. The summed E-state index contributed by atoms with van der Waals surface area (Å²) in [6, 6.07) is 3.34. The minimum atomic E-state index is -0.267. The van der Waals surface area contributed by atoms with Crippen LogP contribution in [0.5, 0.6) is 0 Å². The number of hydrogen-bond donors (Lipinski definition) is 2. The highest BCUT2D eigenvalue weighted by atomic mass is 16.1. The van der Waals surface area contributed by atoms with E-state index in [1.165, 1.54) is 6.20 Å². The van der Waals surface area contributed by atoms with Crippen molar-refractivity contribution in [2.24, 2.45) is 0 Å². The molecule has 3 N–H and O–H groups in total. The van der Waals surface area contributed by atoms with Gasteiger partial charge in [0, 0.05) is 24.3 Å². The van der Waals surface area contributed by atoms with Crippen LogP contribution < -0.4 is 11.1 Å². The van der Waals surface area contributed by atoms with Crippen LogP contribution >= 0.6 is 0 Å². The van der Waals surface area contributed by atoms with Crippen LogP contribution in [0.3, 0.4) is 0 Å². The van der Waals surface area contributed by atoms with E-state index in [0.717, 1.165) is 5.69 Å². The van der Waals surface area contributed by atoms with Crippen LogP contribution in [0.25, 0.3) is 0 Å². The molecule has 0 bridgehead atoms. The van der Waals surface area contributed by atoms with Crippen LogP contribution in [-0.4, -0.2) is 20.9 Å². The second-order valence-electron chi connectivity index (χ2n) is 3.74. The molecule has 0 saturated carbocycles. The standard InChI is InChI=1S/C12H13N5O/c1-8-15-5-2-9(17-8)6-16-12(18)10-7-14-4-3-11(10)13/h2-5,7H,6H2,1H3,(H2,13,14)(H,16,18). The highest BCUT2D eigenvalue weighted by molar-refractivity contribution is 5.98. The van der Waals surface area contributed by atoms with Gasteiger partial charge in [-0.1, -0.05) is 0 Å². The van der Waals surface area contributed by atoms with Crippen molar-refractivity contribution in [2.75, 3.05) is 5.73 Å². The molecule has 2 rings (SSSR count). The van der Waals surface area contributed by atoms with Gasteiger partial charge in [-0.2, -0.15) is 0 Å². The van der Waals surface area contributed by atoms with E-state index in [1.807, 2.05) is 0 Å². The van der Waals surface area contributed by atoms with E-state index < -0.39 is 0 Å². The summed E-state index contributed by atoms with van der Waals surface area (Å²) in [5.74, 6) is 0.402. The van der Waals surface area contributed by atoms with Gasteiger partial charge in [-0.05, 0) is 19.1 Å². The Balaban J connectivity index is 2.03. The summed E-state index contributed by atoms with van der Waals surface area (Å²) >= 11 is 0. The summed E-state index contributed by atoms with van der Waals surface area (Å²) in [6.45, 7) is 2.13. The lowest BCUT2D eigenvalue weighted by atomic mass is 10.2. The molecule has 2 heterocycles. The predicted octanol–water partition coefficient (Wildman–Crippen LogP) is 0.692. The number of carbonyl (C=O) groups is 1. The number of nitrogens with one attached hydrogen (secondary N) is 1. The Morgan fingerprint density at radius 3 is 2.94 bits per heavy atom. The molecule has 0 aliphatic heterocycles. The number of amides is 1. The molecule has 0 atom stereocenters. The Morgan fingerprint density at radius 1 is 1.39 bits per heavy atom. The molecule has 18 heavy (non-hydrogen) atoms. The van der Waals surface area contributed by atoms with E-state index >= 15 is 0 Å². The van der Waals surface area contributed by atoms with Gasteiger partial charge in [-0.15, -0.1) is 0 Å². The minimum Gasteiger partial charge on any atom is -0.398 e. The van der Waals surface area contributed by atoms with Crippen LogP contribution in [0, 0.1) is 6.92 Å². The first-order valence-electron chi connectivity index (χ1n) is 5.43. The Labute approximate surface area is 104 Å². The average Bonchev–Trinajstić information content (AvgIpc) is 2.37. The molecule has 0 aromatic carbocycles. The highest BCUT2D eigenvalue weighted by Gasteiger charge is 2.09. The zero-order chi connectivity index (χ0) is 13.0. The van der Waals surface area contributed by atoms with Crippen LogP contribution in [0.4, 0.5) is 5.69 Å². The molecular formula is C12H13N5O. The van der Waals surface area contributed by atoms with Gasteiger partial charge in [-0.3, -0.25) is 9.78 Å². The number of aryl methyl sites for hydroxylation is 1. The number of aromatic nitrogens is 3. The molecule has 92 valence electrons. The lowest BCUT2D eigenvalue weighted by Gasteiger charge is -2.06. The number of nitrogens with zero attached hydrogens (tertiary/aromatic N) is 3. The molecule has 0 fully saturated rings. The smallest absolute Gasteiger partial charge is 0.255 e. The molecule has 2 aromatic heterocycles. The van der Waals surface area contributed by atoms with Gasteiger partial charge in [-0.25, -0.2) is 9.97 Å². The third-order valence-corrected chi connectivity index (χ3v) is 2.36. The van der Waals surface area contributed by atoms with Gasteiger partial charge in [0.05, 0.1) is 17.8 Å². The number of hydrogen-bond acceptors (Lipinski definition) is 5. The highest BCUT2D eigenvalue weighted by Crippen LogP contribution is 2.08. The van der Waals surface area contributed by atoms with Gasteiger partial charge in [0.15, 0.2) is 0 Å². The Kier molecular flexibility index (Phi) is 3.47. The number of pyridine rings is 1. The van der Waals surface area contributed by atoms with E-state index in [1.54, 1.807) is 31.5 Å². The van der Waals surface area contributed by atoms with Crippen LogP contribution in [-0.2, 0) is 6.54 Å². The second-order valence-corrected chi connectivity index (χ2v) is 3.74. The first kappa shape index (κ1) is 12.0. The fourth-order valence-electron chi connectivity index (χ4n) is 1.46. The zero-order valence-electron chi connectivity index (χ0n) is 9.92. The normalized spacial score (nSPS) is 10.1. The third kappa shape index (κ3) is 2.79. The van der Waals surface area contributed by atoms with Crippen LogP contribution in [0.15, 0.2) is 30.7 Å². The SMILES string of the molecule is Cc1nccc(CNC(=O)c2cnccc2N)n1. The van der Waals surface area contributed by atoms with Crippen LogP contribution in [0.1, 0.15) is 21.9 Å². The minimum absolute atomic E-state index is 0.267. The molecule has 2 aromatic rings. The largest absolute Gasteiger partial charge is 0.398 e. The first-order valence-corrected chi connectivity index (χ1v) is 5.43. The Hall–Kier alpha value is -2.50. The molecule has 0 unspecified atom stereocenters. The van der Waals surface area contributed by atoms with Gasteiger partial charge in [0.2, 0.25) is 0 Å². The Morgan fingerprint density at radius 2 is 2.22 bits per heavy atom. The molecule has 0 saturated heterocycles. The lowest BCUT2D eigenvalue weighted by Crippen LogP contribution is -2.24.